The predicted octanol–water partition coefficient (Wildman–Crippen LogP) is 6.73. The molecule has 0 aliphatic carbocycles. The van der Waals surface area contributed by atoms with E-state index in [1.807, 2.05) is 61.5 Å². The van der Waals surface area contributed by atoms with Gasteiger partial charge in [-0.15, -0.1) is 0 Å². The monoisotopic (exact) mass is 701 g/mol. The molecule has 0 fully saturated rings. The molecule has 0 heterocycles. The summed E-state index contributed by atoms with van der Waals surface area (Å²) in [6.07, 6.45) is 2.86. The number of rotatable bonds is 13. The fourth-order valence-electron chi connectivity index (χ4n) is 4.19. The minimum atomic E-state index is -4.01. The first kappa shape index (κ1) is 33.2. The summed E-state index contributed by atoms with van der Waals surface area (Å²) in [5, 5.41) is 3.18. The second-order valence-corrected chi connectivity index (χ2v) is 13.5. The quantitative estimate of drug-likeness (QED) is 0.158. The van der Waals surface area contributed by atoms with Crippen LogP contribution in [-0.4, -0.2) is 50.5 Å². The van der Waals surface area contributed by atoms with Gasteiger partial charge in [0.15, 0.2) is 0 Å². The summed E-state index contributed by atoms with van der Waals surface area (Å²) in [5.74, 6) is -0.923. The highest BCUT2D eigenvalue weighted by Gasteiger charge is 2.33. The molecular formula is C29H31BrCl3N3O4S. The molecule has 220 valence electrons. The van der Waals surface area contributed by atoms with Crippen molar-refractivity contribution >= 4 is 78.3 Å². The van der Waals surface area contributed by atoms with E-state index in [0.717, 1.165) is 39.0 Å². The van der Waals surface area contributed by atoms with E-state index in [1.165, 1.54) is 17.0 Å². The van der Waals surface area contributed by atoms with E-state index < -0.39 is 28.5 Å². The van der Waals surface area contributed by atoms with Crippen molar-refractivity contribution in [2.24, 2.45) is 0 Å². The average Bonchev–Trinajstić information content (AvgIpc) is 2.91. The molecule has 1 N–H and O–H groups in total. The first-order valence-corrected chi connectivity index (χ1v) is 16.7. The van der Waals surface area contributed by atoms with Gasteiger partial charge >= 0.3 is 0 Å². The molecule has 0 saturated heterocycles. The molecule has 1 unspecified atom stereocenters. The number of carbonyl (C=O) groups is 2. The normalized spacial score (nSPS) is 12.0. The molecule has 12 heteroatoms. The molecule has 0 radical (unpaired) electrons. The number of hydrogen-bond acceptors (Lipinski definition) is 4. The molecular weight excluding hydrogens is 673 g/mol. The van der Waals surface area contributed by atoms with Gasteiger partial charge in [0.2, 0.25) is 21.8 Å². The van der Waals surface area contributed by atoms with Crippen LogP contribution in [0.3, 0.4) is 0 Å². The third-order valence-electron chi connectivity index (χ3n) is 6.28. The van der Waals surface area contributed by atoms with Gasteiger partial charge in [0, 0.05) is 24.0 Å². The average molecular weight is 704 g/mol. The van der Waals surface area contributed by atoms with Crippen LogP contribution in [0.25, 0.3) is 0 Å². The van der Waals surface area contributed by atoms with Crippen molar-refractivity contribution in [1.29, 1.82) is 0 Å². The summed E-state index contributed by atoms with van der Waals surface area (Å²) >= 11 is 22.1. The smallest absolute Gasteiger partial charge is 0.244 e. The molecule has 41 heavy (non-hydrogen) atoms. The van der Waals surface area contributed by atoms with Gasteiger partial charge < -0.3 is 10.2 Å². The molecule has 3 aromatic carbocycles. The van der Waals surface area contributed by atoms with Crippen molar-refractivity contribution < 1.29 is 18.0 Å². The van der Waals surface area contributed by atoms with Crippen LogP contribution in [0.4, 0.5) is 5.69 Å². The SMILES string of the molecule is CCCCNC(=O)C(Cc1ccccc1)N(Cc1cccc(Br)c1)C(=O)CN(c1cc(Cl)c(Cl)cc1Cl)S(C)(=O)=O. The van der Waals surface area contributed by atoms with Crippen LogP contribution in [0.2, 0.25) is 15.1 Å². The van der Waals surface area contributed by atoms with E-state index in [2.05, 4.69) is 21.2 Å². The Balaban J connectivity index is 2.07. The number of unbranched alkanes of at least 4 members (excludes halogenated alkanes) is 1. The van der Waals surface area contributed by atoms with Crippen molar-refractivity contribution in [3.8, 4) is 0 Å². The molecule has 0 aromatic heterocycles. The largest absolute Gasteiger partial charge is 0.354 e. The highest BCUT2D eigenvalue weighted by atomic mass is 79.9. The zero-order valence-electron chi connectivity index (χ0n) is 22.6. The van der Waals surface area contributed by atoms with E-state index in [-0.39, 0.29) is 39.6 Å². The Labute approximate surface area is 264 Å². The van der Waals surface area contributed by atoms with Crippen LogP contribution in [0.5, 0.6) is 0 Å². The lowest BCUT2D eigenvalue weighted by molar-refractivity contribution is -0.140. The number of hydrogen-bond donors (Lipinski definition) is 1. The highest BCUT2D eigenvalue weighted by molar-refractivity contribution is 9.10. The molecule has 1 atom stereocenters. The lowest BCUT2D eigenvalue weighted by Gasteiger charge is -2.33. The summed E-state index contributed by atoms with van der Waals surface area (Å²) in [4.78, 5) is 29.1. The molecule has 0 spiro atoms. The summed E-state index contributed by atoms with van der Waals surface area (Å²) in [6, 6.07) is 18.4. The fourth-order valence-corrected chi connectivity index (χ4v) is 6.18. The zero-order chi connectivity index (χ0) is 30.2. The topological polar surface area (TPSA) is 86.8 Å². The van der Waals surface area contributed by atoms with E-state index in [9.17, 15) is 18.0 Å². The number of carbonyl (C=O) groups excluding carboxylic acids is 2. The van der Waals surface area contributed by atoms with Gasteiger partial charge in [-0.05, 0) is 41.8 Å². The molecule has 0 aliphatic rings. The Bertz CT molecular complexity index is 1480. The molecule has 0 saturated carbocycles. The highest BCUT2D eigenvalue weighted by Crippen LogP contribution is 2.35. The van der Waals surface area contributed by atoms with Crippen molar-refractivity contribution in [2.45, 2.75) is 38.8 Å². The molecule has 3 aromatic rings. The third-order valence-corrected chi connectivity index (χ3v) is 8.92. The Kier molecular flexibility index (Phi) is 12.4. The Morgan fingerprint density at radius 2 is 1.59 bits per heavy atom. The lowest BCUT2D eigenvalue weighted by atomic mass is 10.0. The summed E-state index contributed by atoms with van der Waals surface area (Å²) < 4.78 is 27.6. The van der Waals surface area contributed by atoms with Gasteiger partial charge in [-0.3, -0.25) is 13.9 Å². The van der Waals surface area contributed by atoms with Gasteiger partial charge in [-0.1, -0.05) is 107 Å². The third kappa shape index (κ3) is 9.61. The molecule has 7 nitrogen and oxygen atoms in total. The van der Waals surface area contributed by atoms with Gasteiger partial charge in [0.25, 0.3) is 0 Å². The van der Waals surface area contributed by atoms with Crippen molar-refractivity contribution in [1.82, 2.24) is 10.2 Å². The number of amides is 2. The number of nitrogens with zero attached hydrogens (tertiary/aromatic N) is 2. The van der Waals surface area contributed by atoms with E-state index in [0.29, 0.717) is 6.54 Å². The molecule has 2 amide bonds. The Morgan fingerprint density at radius 3 is 2.22 bits per heavy atom. The Hall–Kier alpha value is -2.30. The summed E-state index contributed by atoms with van der Waals surface area (Å²) in [5.41, 5.74) is 1.61. The number of nitrogens with one attached hydrogen (secondary N) is 1. The molecule has 3 rings (SSSR count). The first-order valence-electron chi connectivity index (χ1n) is 12.9. The maximum atomic E-state index is 14.1. The maximum absolute atomic E-state index is 14.1. The minimum absolute atomic E-state index is 0.00586. The number of anilines is 1. The zero-order valence-corrected chi connectivity index (χ0v) is 27.3. The molecule has 0 bridgehead atoms. The van der Waals surface area contributed by atoms with E-state index in [4.69, 9.17) is 34.8 Å². The molecule has 0 aliphatic heterocycles. The standard InChI is InChI=1S/C29H31BrCl3N3O4S/c1-3-4-13-34-29(38)27(15-20-9-6-5-7-10-20)35(18-21-11-8-12-22(30)14-21)28(37)19-36(41(2,39)40)26-17-24(32)23(31)16-25(26)33/h5-12,14,16-17,27H,3-4,13,15,18-19H2,1-2H3,(H,34,38). The van der Waals surface area contributed by atoms with Crippen LogP contribution in [0.15, 0.2) is 71.2 Å². The van der Waals surface area contributed by atoms with Crippen molar-refractivity contribution in [3.63, 3.8) is 0 Å². The van der Waals surface area contributed by atoms with Crippen LogP contribution in [0, 0.1) is 0 Å². The number of halogens is 4. The van der Waals surface area contributed by atoms with Gasteiger partial charge in [-0.25, -0.2) is 8.42 Å². The van der Waals surface area contributed by atoms with Crippen molar-refractivity contribution in [3.05, 3.63) is 97.4 Å². The van der Waals surface area contributed by atoms with Gasteiger partial charge in [-0.2, -0.15) is 0 Å². The van der Waals surface area contributed by atoms with E-state index in [1.54, 1.807) is 0 Å². The summed E-state index contributed by atoms with van der Waals surface area (Å²) in [6.45, 7) is 1.92. The second kappa shape index (κ2) is 15.3. The minimum Gasteiger partial charge on any atom is -0.354 e. The first-order chi connectivity index (χ1) is 19.4. The van der Waals surface area contributed by atoms with E-state index >= 15 is 0 Å². The van der Waals surface area contributed by atoms with Gasteiger partial charge in [0.05, 0.1) is 27.0 Å². The predicted molar refractivity (Wildman–Crippen MR) is 170 cm³/mol. The summed E-state index contributed by atoms with van der Waals surface area (Å²) in [7, 11) is -4.01. The maximum Gasteiger partial charge on any atom is 0.244 e. The van der Waals surface area contributed by atoms with Crippen LogP contribution in [0.1, 0.15) is 30.9 Å². The van der Waals surface area contributed by atoms with Crippen LogP contribution < -0.4 is 9.62 Å². The number of sulfonamides is 1. The van der Waals surface area contributed by atoms with Gasteiger partial charge in [0.1, 0.15) is 12.6 Å². The second-order valence-electron chi connectivity index (χ2n) is 9.49. The Morgan fingerprint density at radius 1 is 0.927 bits per heavy atom. The van der Waals surface area contributed by atoms with Crippen LogP contribution in [-0.2, 0) is 32.6 Å². The fraction of sp³-hybridized carbons (Fsp3) is 0.310. The number of benzene rings is 3. The van der Waals surface area contributed by atoms with Crippen molar-refractivity contribution in [2.75, 3.05) is 23.7 Å². The van der Waals surface area contributed by atoms with Crippen LogP contribution >= 0.6 is 50.7 Å². The lowest BCUT2D eigenvalue weighted by Crippen LogP contribution is -2.53.